The van der Waals surface area contributed by atoms with Gasteiger partial charge in [0.15, 0.2) is 0 Å². The van der Waals surface area contributed by atoms with Crippen molar-refractivity contribution < 1.29 is 4.74 Å². The Kier molecular flexibility index (Phi) is 4.75. The van der Waals surface area contributed by atoms with Crippen LogP contribution in [0.25, 0.3) is 0 Å². The molecule has 0 aliphatic heterocycles. The Labute approximate surface area is 121 Å². The van der Waals surface area contributed by atoms with Crippen LogP contribution in [0.2, 0.25) is 5.02 Å². The highest BCUT2D eigenvalue weighted by molar-refractivity contribution is 6.30. The maximum atomic E-state index is 6.12. The van der Waals surface area contributed by atoms with Crippen LogP contribution < -0.4 is 10.1 Å². The molecule has 106 valence electrons. The first-order valence-electron chi connectivity index (χ1n) is 7.25. The van der Waals surface area contributed by atoms with Gasteiger partial charge in [-0.1, -0.05) is 38.4 Å². The number of nitrogens with one attached hydrogen (secondary N) is 1. The molecule has 3 atom stereocenters. The maximum absolute atomic E-state index is 6.12. The van der Waals surface area contributed by atoms with Crippen molar-refractivity contribution in [2.75, 3.05) is 6.54 Å². The lowest BCUT2D eigenvalue weighted by Crippen LogP contribution is -2.63. The van der Waals surface area contributed by atoms with Crippen molar-refractivity contribution in [3.8, 4) is 5.75 Å². The fourth-order valence-electron chi connectivity index (χ4n) is 2.81. The van der Waals surface area contributed by atoms with Gasteiger partial charge in [-0.05, 0) is 37.6 Å². The van der Waals surface area contributed by atoms with Crippen molar-refractivity contribution >= 4 is 11.6 Å². The van der Waals surface area contributed by atoms with E-state index in [9.17, 15) is 0 Å². The van der Waals surface area contributed by atoms with Gasteiger partial charge in [0.05, 0.1) is 0 Å². The Morgan fingerprint density at radius 3 is 2.84 bits per heavy atom. The molecule has 0 heterocycles. The van der Waals surface area contributed by atoms with Crippen molar-refractivity contribution in [1.82, 2.24) is 5.32 Å². The van der Waals surface area contributed by atoms with Crippen molar-refractivity contribution in [1.29, 1.82) is 0 Å². The molecular weight excluding hydrogens is 258 g/mol. The molecule has 0 bridgehead atoms. The molecule has 1 aromatic rings. The molecule has 1 aliphatic rings. The molecule has 1 fully saturated rings. The summed E-state index contributed by atoms with van der Waals surface area (Å²) in [4.78, 5) is 0. The van der Waals surface area contributed by atoms with Crippen molar-refractivity contribution in [2.24, 2.45) is 5.41 Å². The fraction of sp³-hybridized carbons (Fsp3) is 0.625. The minimum Gasteiger partial charge on any atom is -0.490 e. The average Bonchev–Trinajstić information content (AvgIpc) is 2.41. The van der Waals surface area contributed by atoms with Gasteiger partial charge in [-0.15, -0.1) is 0 Å². The van der Waals surface area contributed by atoms with E-state index >= 15 is 0 Å². The summed E-state index contributed by atoms with van der Waals surface area (Å²) >= 11 is 6.00. The molecule has 2 rings (SSSR count). The Morgan fingerprint density at radius 2 is 2.21 bits per heavy atom. The SMILES string of the molecule is CCCNC1CC(Oc2cccc(Cl)c2)C1(C)CC. The van der Waals surface area contributed by atoms with E-state index in [2.05, 4.69) is 26.1 Å². The normalized spacial score (nSPS) is 29.9. The molecule has 2 nitrogen and oxygen atoms in total. The zero-order valence-electron chi connectivity index (χ0n) is 12.1. The quantitative estimate of drug-likeness (QED) is 0.840. The summed E-state index contributed by atoms with van der Waals surface area (Å²) in [5, 5.41) is 4.36. The molecule has 1 N–H and O–H groups in total. The van der Waals surface area contributed by atoms with Crippen LogP contribution in [-0.4, -0.2) is 18.7 Å². The van der Waals surface area contributed by atoms with E-state index in [1.807, 2.05) is 24.3 Å². The third-order valence-electron chi connectivity index (χ3n) is 4.46. The minimum absolute atomic E-state index is 0.220. The lowest BCUT2D eigenvalue weighted by atomic mass is 9.61. The van der Waals surface area contributed by atoms with Crippen LogP contribution in [0.3, 0.4) is 0 Å². The highest BCUT2D eigenvalue weighted by Gasteiger charge is 2.51. The van der Waals surface area contributed by atoms with Crippen LogP contribution in [0.15, 0.2) is 24.3 Å². The smallest absolute Gasteiger partial charge is 0.121 e. The molecule has 0 saturated heterocycles. The van der Waals surface area contributed by atoms with Crippen LogP contribution in [0.1, 0.15) is 40.0 Å². The van der Waals surface area contributed by atoms with E-state index in [0.717, 1.165) is 30.2 Å². The number of benzene rings is 1. The van der Waals surface area contributed by atoms with Crippen molar-refractivity contribution in [3.05, 3.63) is 29.3 Å². The summed E-state index contributed by atoms with van der Waals surface area (Å²) in [6.45, 7) is 7.85. The monoisotopic (exact) mass is 281 g/mol. The first kappa shape index (κ1) is 14.7. The molecule has 1 aliphatic carbocycles. The minimum atomic E-state index is 0.220. The Morgan fingerprint density at radius 1 is 1.42 bits per heavy atom. The number of ether oxygens (including phenoxy) is 1. The number of rotatable bonds is 6. The molecule has 3 unspecified atom stereocenters. The lowest BCUT2D eigenvalue weighted by Gasteiger charge is -2.53. The summed E-state index contributed by atoms with van der Waals surface area (Å²) in [6, 6.07) is 8.26. The highest BCUT2D eigenvalue weighted by atomic mass is 35.5. The maximum Gasteiger partial charge on any atom is 0.121 e. The van der Waals surface area contributed by atoms with E-state index in [1.54, 1.807) is 0 Å². The Balaban J connectivity index is 1.98. The van der Waals surface area contributed by atoms with Gasteiger partial charge in [-0.25, -0.2) is 0 Å². The van der Waals surface area contributed by atoms with E-state index in [4.69, 9.17) is 16.3 Å². The molecule has 19 heavy (non-hydrogen) atoms. The average molecular weight is 282 g/mol. The molecule has 1 saturated carbocycles. The van der Waals surface area contributed by atoms with Gasteiger partial charge < -0.3 is 10.1 Å². The Hall–Kier alpha value is -0.730. The predicted octanol–water partition coefficient (Wildman–Crippen LogP) is 4.28. The molecule has 3 heteroatoms. The van der Waals surface area contributed by atoms with Crippen LogP contribution in [0.5, 0.6) is 5.75 Å². The van der Waals surface area contributed by atoms with Gasteiger partial charge in [0.25, 0.3) is 0 Å². The Bertz CT molecular complexity index is 423. The van der Waals surface area contributed by atoms with Gasteiger partial charge in [-0.3, -0.25) is 0 Å². The summed E-state index contributed by atoms with van der Waals surface area (Å²) < 4.78 is 6.12. The first-order chi connectivity index (χ1) is 9.10. The molecule has 1 aromatic carbocycles. The third-order valence-corrected chi connectivity index (χ3v) is 4.69. The molecule has 0 spiro atoms. The summed E-state index contributed by atoms with van der Waals surface area (Å²) in [5.41, 5.74) is 0.220. The molecular formula is C16H24ClNO. The second-order valence-corrected chi connectivity index (χ2v) is 6.10. The van der Waals surface area contributed by atoms with E-state index in [0.29, 0.717) is 6.04 Å². The van der Waals surface area contributed by atoms with Gasteiger partial charge in [0.1, 0.15) is 11.9 Å². The topological polar surface area (TPSA) is 21.3 Å². The predicted molar refractivity (Wildman–Crippen MR) is 81.0 cm³/mol. The van der Waals surface area contributed by atoms with E-state index in [1.165, 1.54) is 6.42 Å². The fourth-order valence-corrected chi connectivity index (χ4v) is 2.99. The second kappa shape index (κ2) is 6.15. The zero-order chi connectivity index (χ0) is 13.9. The van der Waals surface area contributed by atoms with Crippen molar-refractivity contribution in [2.45, 2.75) is 52.2 Å². The third kappa shape index (κ3) is 3.06. The van der Waals surface area contributed by atoms with Gasteiger partial charge in [-0.2, -0.15) is 0 Å². The molecule has 0 amide bonds. The second-order valence-electron chi connectivity index (χ2n) is 5.67. The van der Waals surface area contributed by atoms with E-state index < -0.39 is 0 Å². The van der Waals surface area contributed by atoms with Crippen LogP contribution in [0.4, 0.5) is 0 Å². The molecule has 0 aromatic heterocycles. The van der Waals surface area contributed by atoms with Gasteiger partial charge in [0.2, 0.25) is 0 Å². The number of hydrogen-bond donors (Lipinski definition) is 1. The standard InChI is InChI=1S/C16H24ClNO/c1-4-9-18-14-11-15(16(14,3)5-2)19-13-8-6-7-12(17)10-13/h6-8,10,14-15,18H,4-5,9,11H2,1-3H3. The highest BCUT2D eigenvalue weighted by Crippen LogP contribution is 2.46. The number of halogens is 1. The largest absolute Gasteiger partial charge is 0.490 e. The number of hydrogen-bond acceptors (Lipinski definition) is 2. The lowest BCUT2D eigenvalue weighted by molar-refractivity contribution is -0.0701. The van der Waals surface area contributed by atoms with Gasteiger partial charge in [0, 0.05) is 22.9 Å². The summed E-state index contributed by atoms with van der Waals surface area (Å²) in [6.07, 6.45) is 3.66. The zero-order valence-corrected chi connectivity index (χ0v) is 12.8. The van der Waals surface area contributed by atoms with Crippen LogP contribution >= 0.6 is 11.6 Å². The summed E-state index contributed by atoms with van der Waals surface area (Å²) in [7, 11) is 0. The first-order valence-corrected chi connectivity index (χ1v) is 7.63. The van der Waals surface area contributed by atoms with Crippen LogP contribution in [0, 0.1) is 5.41 Å². The van der Waals surface area contributed by atoms with E-state index in [-0.39, 0.29) is 11.5 Å². The van der Waals surface area contributed by atoms with Crippen molar-refractivity contribution in [3.63, 3.8) is 0 Å². The molecule has 0 radical (unpaired) electrons. The van der Waals surface area contributed by atoms with Crippen LogP contribution in [-0.2, 0) is 0 Å². The summed E-state index contributed by atoms with van der Waals surface area (Å²) in [5.74, 6) is 0.881. The van der Waals surface area contributed by atoms with Gasteiger partial charge >= 0.3 is 0 Å².